The zero-order valence-corrected chi connectivity index (χ0v) is 6.09. The number of hydrogen-bond donors (Lipinski definition) is 1. The standard InChI is InChI=1S/C8H10O2/c1-7(2)5-3-4-6-8(9)10/h4,6-7H,1-2H3,(H,9,10)/b6-4-. The molecular weight excluding hydrogens is 128 g/mol. The average Bonchev–Trinajstić information content (AvgIpc) is 1.79. The molecule has 1 N–H and O–H groups in total. The van der Waals surface area contributed by atoms with Gasteiger partial charge in [-0.25, -0.2) is 4.79 Å². The summed E-state index contributed by atoms with van der Waals surface area (Å²) in [6.45, 7) is 3.89. The van der Waals surface area contributed by atoms with Crippen LogP contribution in [0.15, 0.2) is 12.2 Å². The van der Waals surface area contributed by atoms with Crippen molar-refractivity contribution < 1.29 is 9.90 Å². The van der Waals surface area contributed by atoms with Gasteiger partial charge in [0.2, 0.25) is 0 Å². The van der Waals surface area contributed by atoms with Crippen LogP contribution < -0.4 is 0 Å². The van der Waals surface area contributed by atoms with Gasteiger partial charge >= 0.3 is 5.97 Å². The van der Waals surface area contributed by atoms with Crippen molar-refractivity contribution in [3.05, 3.63) is 12.2 Å². The fourth-order valence-corrected chi connectivity index (χ4v) is 0.328. The Kier molecular flexibility index (Phi) is 4.06. The molecule has 0 rings (SSSR count). The second kappa shape index (κ2) is 4.63. The van der Waals surface area contributed by atoms with E-state index in [4.69, 9.17) is 5.11 Å². The number of carbonyl (C=O) groups is 1. The van der Waals surface area contributed by atoms with Gasteiger partial charge in [-0.05, 0) is 6.08 Å². The van der Waals surface area contributed by atoms with Gasteiger partial charge in [-0.15, -0.1) is 0 Å². The van der Waals surface area contributed by atoms with Crippen molar-refractivity contribution in [2.75, 3.05) is 0 Å². The summed E-state index contributed by atoms with van der Waals surface area (Å²) in [5.74, 6) is 4.74. The molecule has 0 aromatic heterocycles. The number of hydrogen-bond acceptors (Lipinski definition) is 1. The molecule has 2 nitrogen and oxygen atoms in total. The first-order chi connectivity index (χ1) is 4.63. The maximum atomic E-state index is 9.89. The lowest BCUT2D eigenvalue weighted by Crippen LogP contribution is -1.84. The normalized spacial score (nSPS) is 9.50. The molecule has 0 saturated carbocycles. The van der Waals surface area contributed by atoms with Gasteiger partial charge in [0.1, 0.15) is 0 Å². The molecule has 0 atom stereocenters. The molecule has 0 aliphatic heterocycles. The van der Waals surface area contributed by atoms with E-state index in [0.717, 1.165) is 6.08 Å². The van der Waals surface area contributed by atoms with Crippen LogP contribution in [0.1, 0.15) is 13.8 Å². The van der Waals surface area contributed by atoms with Crippen LogP contribution in [0, 0.1) is 17.8 Å². The van der Waals surface area contributed by atoms with Crippen molar-refractivity contribution in [2.24, 2.45) is 5.92 Å². The monoisotopic (exact) mass is 138 g/mol. The molecule has 0 bridgehead atoms. The summed E-state index contributed by atoms with van der Waals surface area (Å²) < 4.78 is 0. The van der Waals surface area contributed by atoms with Crippen LogP contribution in [-0.4, -0.2) is 11.1 Å². The summed E-state index contributed by atoms with van der Waals surface area (Å²) in [4.78, 5) is 9.89. The molecular formula is C8H10O2. The summed E-state index contributed by atoms with van der Waals surface area (Å²) in [5.41, 5.74) is 0. The van der Waals surface area contributed by atoms with Crippen LogP contribution in [0.5, 0.6) is 0 Å². The summed E-state index contributed by atoms with van der Waals surface area (Å²) in [6.07, 6.45) is 2.36. The molecule has 2 heteroatoms. The van der Waals surface area contributed by atoms with Crippen LogP contribution in [0.2, 0.25) is 0 Å². The van der Waals surface area contributed by atoms with Crippen LogP contribution >= 0.6 is 0 Å². The Bertz CT molecular complexity index is 191. The molecule has 0 fully saturated rings. The van der Waals surface area contributed by atoms with Crippen molar-refractivity contribution in [1.29, 1.82) is 0 Å². The molecule has 0 aromatic rings. The first-order valence-electron chi connectivity index (χ1n) is 3.03. The first kappa shape index (κ1) is 8.77. The highest BCUT2D eigenvalue weighted by Crippen LogP contribution is 1.85. The zero-order valence-electron chi connectivity index (χ0n) is 6.09. The maximum Gasteiger partial charge on any atom is 0.328 e. The first-order valence-corrected chi connectivity index (χ1v) is 3.03. The minimum Gasteiger partial charge on any atom is -0.478 e. The SMILES string of the molecule is CC(C)C#C/C=C\C(=O)O. The van der Waals surface area contributed by atoms with Crippen LogP contribution in [0.3, 0.4) is 0 Å². The maximum absolute atomic E-state index is 9.89. The molecule has 0 aromatic carbocycles. The Morgan fingerprint density at radius 1 is 1.60 bits per heavy atom. The Labute approximate surface area is 60.6 Å². The highest BCUT2D eigenvalue weighted by Gasteiger charge is 1.81. The minimum atomic E-state index is -0.960. The van der Waals surface area contributed by atoms with Gasteiger partial charge in [0.25, 0.3) is 0 Å². The molecule has 0 aliphatic carbocycles. The van der Waals surface area contributed by atoms with Gasteiger partial charge in [-0.2, -0.15) is 0 Å². The van der Waals surface area contributed by atoms with E-state index in [0.29, 0.717) is 5.92 Å². The fourth-order valence-electron chi connectivity index (χ4n) is 0.328. The molecule has 0 heterocycles. The molecule has 0 saturated heterocycles. The van der Waals surface area contributed by atoms with E-state index in [1.165, 1.54) is 6.08 Å². The quantitative estimate of drug-likeness (QED) is 0.438. The Morgan fingerprint density at radius 3 is 2.60 bits per heavy atom. The average molecular weight is 138 g/mol. The van der Waals surface area contributed by atoms with Crippen LogP contribution in [0.25, 0.3) is 0 Å². The Balaban J connectivity index is 3.76. The van der Waals surface area contributed by atoms with Crippen molar-refractivity contribution >= 4 is 5.97 Å². The second-order valence-corrected chi connectivity index (χ2v) is 2.11. The lowest BCUT2D eigenvalue weighted by Gasteiger charge is -1.83. The van der Waals surface area contributed by atoms with Gasteiger partial charge in [0.05, 0.1) is 0 Å². The number of allylic oxidation sites excluding steroid dienone is 1. The highest BCUT2D eigenvalue weighted by atomic mass is 16.4. The van der Waals surface area contributed by atoms with E-state index in [2.05, 4.69) is 11.8 Å². The third-order valence-electron chi connectivity index (χ3n) is 0.681. The summed E-state index contributed by atoms with van der Waals surface area (Å²) in [6, 6.07) is 0. The van der Waals surface area contributed by atoms with E-state index in [-0.39, 0.29) is 0 Å². The van der Waals surface area contributed by atoms with Gasteiger partial charge in [-0.1, -0.05) is 25.7 Å². The Morgan fingerprint density at radius 2 is 2.20 bits per heavy atom. The third-order valence-corrected chi connectivity index (χ3v) is 0.681. The Hall–Kier alpha value is -1.23. The third kappa shape index (κ3) is 6.77. The lowest BCUT2D eigenvalue weighted by atomic mass is 10.2. The van der Waals surface area contributed by atoms with E-state index in [9.17, 15) is 4.79 Å². The van der Waals surface area contributed by atoms with Crippen molar-refractivity contribution in [3.8, 4) is 11.8 Å². The van der Waals surface area contributed by atoms with Crippen molar-refractivity contribution in [1.82, 2.24) is 0 Å². The molecule has 0 radical (unpaired) electrons. The molecule has 0 unspecified atom stereocenters. The van der Waals surface area contributed by atoms with E-state index in [1.54, 1.807) is 0 Å². The number of rotatable bonds is 1. The topological polar surface area (TPSA) is 37.3 Å². The predicted octanol–water partition coefficient (Wildman–Crippen LogP) is 1.29. The zero-order chi connectivity index (χ0) is 7.98. The highest BCUT2D eigenvalue weighted by molar-refractivity contribution is 5.80. The van der Waals surface area contributed by atoms with E-state index < -0.39 is 5.97 Å². The smallest absolute Gasteiger partial charge is 0.328 e. The van der Waals surface area contributed by atoms with E-state index >= 15 is 0 Å². The van der Waals surface area contributed by atoms with Gasteiger partial charge in [-0.3, -0.25) is 0 Å². The van der Waals surface area contributed by atoms with Crippen LogP contribution in [-0.2, 0) is 4.79 Å². The predicted molar refractivity (Wildman–Crippen MR) is 39.4 cm³/mol. The molecule has 0 aliphatic rings. The lowest BCUT2D eigenvalue weighted by molar-refractivity contribution is -0.131. The summed E-state index contributed by atoms with van der Waals surface area (Å²) in [5, 5.41) is 8.12. The molecule has 54 valence electrons. The largest absolute Gasteiger partial charge is 0.478 e. The number of carboxylic acids is 1. The molecule has 10 heavy (non-hydrogen) atoms. The summed E-state index contributed by atoms with van der Waals surface area (Å²) in [7, 11) is 0. The van der Waals surface area contributed by atoms with Gasteiger partial charge < -0.3 is 5.11 Å². The second-order valence-electron chi connectivity index (χ2n) is 2.11. The molecule has 0 amide bonds. The molecule has 0 spiro atoms. The summed E-state index contributed by atoms with van der Waals surface area (Å²) >= 11 is 0. The fraction of sp³-hybridized carbons (Fsp3) is 0.375. The number of aliphatic carboxylic acids is 1. The van der Waals surface area contributed by atoms with E-state index in [1.807, 2.05) is 13.8 Å². The van der Waals surface area contributed by atoms with Gasteiger partial charge in [0, 0.05) is 12.0 Å². The van der Waals surface area contributed by atoms with Crippen molar-refractivity contribution in [3.63, 3.8) is 0 Å². The van der Waals surface area contributed by atoms with Gasteiger partial charge in [0.15, 0.2) is 0 Å². The van der Waals surface area contributed by atoms with Crippen LogP contribution in [0.4, 0.5) is 0 Å². The van der Waals surface area contributed by atoms with Crippen molar-refractivity contribution in [2.45, 2.75) is 13.8 Å². The number of carboxylic acid groups (broad SMARTS) is 1. The minimum absolute atomic E-state index is 0.290.